The van der Waals surface area contributed by atoms with Crippen LogP contribution in [0.2, 0.25) is 0 Å². The van der Waals surface area contributed by atoms with Crippen LogP contribution < -0.4 is 4.74 Å². The molecule has 2 heterocycles. The van der Waals surface area contributed by atoms with Crippen LogP contribution in [0.4, 0.5) is 0 Å². The molecule has 0 spiro atoms. The van der Waals surface area contributed by atoms with Crippen molar-refractivity contribution in [3.63, 3.8) is 0 Å². The lowest BCUT2D eigenvalue weighted by Gasteiger charge is -2.27. The van der Waals surface area contributed by atoms with Crippen molar-refractivity contribution < 1.29 is 14.3 Å². The number of carbonyl (C=O) groups is 1. The summed E-state index contributed by atoms with van der Waals surface area (Å²) >= 11 is 0. The van der Waals surface area contributed by atoms with Gasteiger partial charge in [0.25, 0.3) is 5.91 Å². The van der Waals surface area contributed by atoms with Crippen molar-refractivity contribution in [2.75, 3.05) is 26.3 Å². The minimum atomic E-state index is 0.0276. The number of ether oxygens (including phenoxy) is 2. The molecule has 1 aromatic carbocycles. The van der Waals surface area contributed by atoms with Gasteiger partial charge in [-0.2, -0.15) is 0 Å². The fraction of sp³-hybridized carbons (Fsp3) is 0.267. The highest BCUT2D eigenvalue weighted by molar-refractivity contribution is 6.01. The molecule has 1 amide bonds. The van der Waals surface area contributed by atoms with Crippen molar-refractivity contribution in [2.45, 2.75) is 0 Å². The number of amides is 1. The lowest BCUT2D eigenvalue weighted by Crippen LogP contribution is -2.41. The molecule has 3 rings (SSSR count). The second-order valence-corrected chi connectivity index (χ2v) is 4.46. The first-order valence-electron chi connectivity index (χ1n) is 6.35. The fourth-order valence-corrected chi connectivity index (χ4v) is 2.19. The van der Waals surface area contributed by atoms with Crippen molar-refractivity contribution in [3.05, 3.63) is 47.7 Å². The second kappa shape index (κ2) is 5.28. The summed E-state index contributed by atoms with van der Waals surface area (Å²) in [4.78, 5) is 14.2. The van der Waals surface area contributed by atoms with E-state index in [0.717, 1.165) is 11.3 Å². The van der Waals surface area contributed by atoms with Gasteiger partial charge in [-0.15, -0.1) is 0 Å². The van der Waals surface area contributed by atoms with Crippen molar-refractivity contribution in [1.29, 1.82) is 0 Å². The molecule has 98 valence electrons. The van der Waals surface area contributed by atoms with Crippen LogP contribution in [-0.2, 0) is 9.53 Å². The topological polar surface area (TPSA) is 38.8 Å². The Labute approximate surface area is 111 Å². The third-order valence-corrected chi connectivity index (χ3v) is 3.22. The van der Waals surface area contributed by atoms with Crippen LogP contribution in [0.3, 0.4) is 0 Å². The van der Waals surface area contributed by atoms with Crippen molar-refractivity contribution in [3.8, 4) is 5.75 Å². The molecule has 1 saturated heterocycles. The van der Waals surface area contributed by atoms with Gasteiger partial charge in [-0.25, -0.2) is 0 Å². The maximum Gasteiger partial charge on any atom is 0.254 e. The lowest BCUT2D eigenvalue weighted by atomic mass is 10.1. The Morgan fingerprint density at radius 3 is 2.79 bits per heavy atom. The Morgan fingerprint density at radius 1 is 1.16 bits per heavy atom. The molecule has 2 aliphatic heterocycles. The fourth-order valence-electron chi connectivity index (χ4n) is 2.19. The predicted molar refractivity (Wildman–Crippen MR) is 71.6 cm³/mol. The van der Waals surface area contributed by atoms with E-state index in [1.54, 1.807) is 12.3 Å². The third kappa shape index (κ3) is 2.53. The van der Waals surface area contributed by atoms with E-state index in [2.05, 4.69) is 0 Å². The Kier molecular flexibility index (Phi) is 3.33. The minimum absolute atomic E-state index is 0.0276. The highest BCUT2D eigenvalue weighted by atomic mass is 16.5. The zero-order valence-corrected chi connectivity index (χ0v) is 10.5. The third-order valence-electron chi connectivity index (χ3n) is 3.22. The van der Waals surface area contributed by atoms with Gasteiger partial charge in [-0.05, 0) is 18.2 Å². The average Bonchev–Trinajstić information content (AvgIpc) is 2.69. The van der Waals surface area contributed by atoms with Crippen molar-refractivity contribution >= 4 is 12.0 Å². The molecule has 1 aromatic rings. The maximum absolute atomic E-state index is 12.4. The van der Waals surface area contributed by atoms with Crippen LogP contribution in [0, 0.1) is 0 Å². The predicted octanol–water partition coefficient (Wildman–Crippen LogP) is 1.83. The molecule has 1 fully saturated rings. The quantitative estimate of drug-likeness (QED) is 0.770. The molecular weight excluding hydrogens is 242 g/mol. The second-order valence-electron chi connectivity index (χ2n) is 4.46. The number of nitrogens with zero attached hydrogens (tertiary/aromatic N) is 1. The smallest absolute Gasteiger partial charge is 0.254 e. The van der Waals surface area contributed by atoms with Gasteiger partial charge in [0.1, 0.15) is 5.75 Å². The van der Waals surface area contributed by atoms with Gasteiger partial charge in [-0.3, -0.25) is 4.79 Å². The first-order chi connectivity index (χ1) is 9.34. The Balaban J connectivity index is 1.87. The Bertz CT molecular complexity index is 542. The van der Waals surface area contributed by atoms with E-state index in [0.29, 0.717) is 31.9 Å². The van der Waals surface area contributed by atoms with Crippen LogP contribution in [0.1, 0.15) is 5.56 Å². The van der Waals surface area contributed by atoms with Gasteiger partial charge < -0.3 is 14.4 Å². The first-order valence-corrected chi connectivity index (χ1v) is 6.35. The Morgan fingerprint density at radius 2 is 1.95 bits per heavy atom. The molecule has 0 saturated carbocycles. The summed E-state index contributed by atoms with van der Waals surface area (Å²) in [6.07, 6.45) is 5.16. The molecule has 19 heavy (non-hydrogen) atoms. The Hall–Kier alpha value is -2.07. The molecule has 0 radical (unpaired) electrons. The SMILES string of the molecule is O=C(C1=Cc2ccccc2OC=C1)N1CCOCC1. The van der Waals surface area contributed by atoms with Crippen molar-refractivity contribution in [2.24, 2.45) is 0 Å². The summed E-state index contributed by atoms with van der Waals surface area (Å²) in [5.41, 5.74) is 1.57. The molecule has 4 nitrogen and oxygen atoms in total. The van der Waals surface area contributed by atoms with E-state index >= 15 is 0 Å². The number of morpholine rings is 1. The maximum atomic E-state index is 12.4. The van der Waals surface area contributed by atoms with E-state index in [9.17, 15) is 4.79 Å². The average molecular weight is 257 g/mol. The number of benzene rings is 1. The molecule has 0 atom stereocenters. The van der Waals surface area contributed by atoms with Crippen molar-refractivity contribution in [1.82, 2.24) is 4.90 Å². The minimum Gasteiger partial charge on any atom is -0.464 e. The summed E-state index contributed by atoms with van der Waals surface area (Å²) < 4.78 is 10.8. The highest BCUT2D eigenvalue weighted by Crippen LogP contribution is 2.25. The standard InChI is InChI=1S/C15H15NO3/c17-15(16-6-9-18-10-7-16)13-5-8-19-14-4-2-1-3-12(14)11-13/h1-5,8,11H,6-7,9-10H2. The van der Waals surface area contributed by atoms with Crippen LogP contribution in [-0.4, -0.2) is 37.1 Å². The largest absolute Gasteiger partial charge is 0.464 e. The van der Waals surface area contributed by atoms with E-state index < -0.39 is 0 Å². The van der Waals surface area contributed by atoms with Gasteiger partial charge in [-0.1, -0.05) is 18.2 Å². The molecule has 2 aliphatic rings. The summed E-state index contributed by atoms with van der Waals surface area (Å²) in [5, 5.41) is 0. The molecule has 0 unspecified atom stereocenters. The molecule has 0 bridgehead atoms. The van der Waals surface area contributed by atoms with Gasteiger partial charge in [0, 0.05) is 24.2 Å². The normalized spacial score (nSPS) is 18.1. The zero-order chi connectivity index (χ0) is 13.1. The van der Waals surface area contributed by atoms with Crippen LogP contribution in [0.15, 0.2) is 42.2 Å². The lowest BCUT2D eigenvalue weighted by molar-refractivity contribution is -0.130. The van der Waals surface area contributed by atoms with E-state index in [1.165, 1.54) is 0 Å². The number of hydrogen-bond acceptors (Lipinski definition) is 3. The van der Waals surface area contributed by atoms with Crippen LogP contribution >= 0.6 is 0 Å². The summed E-state index contributed by atoms with van der Waals surface area (Å²) in [7, 11) is 0. The number of para-hydroxylation sites is 1. The van der Waals surface area contributed by atoms with Gasteiger partial charge >= 0.3 is 0 Å². The van der Waals surface area contributed by atoms with Gasteiger partial charge in [0.05, 0.1) is 19.5 Å². The molecule has 0 aliphatic carbocycles. The zero-order valence-electron chi connectivity index (χ0n) is 10.5. The van der Waals surface area contributed by atoms with Crippen LogP contribution in [0.5, 0.6) is 5.75 Å². The number of hydrogen-bond donors (Lipinski definition) is 0. The molecular formula is C15H15NO3. The van der Waals surface area contributed by atoms with Gasteiger partial charge in [0.2, 0.25) is 0 Å². The number of rotatable bonds is 1. The number of fused-ring (bicyclic) bond motifs is 1. The summed E-state index contributed by atoms with van der Waals surface area (Å²) in [5.74, 6) is 0.795. The first kappa shape index (κ1) is 12.0. The van der Waals surface area contributed by atoms with E-state index in [-0.39, 0.29) is 5.91 Å². The van der Waals surface area contributed by atoms with Crippen LogP contribution in [0.25, 0.3) is 6.08 Å². The monoisotopic (exact) mass is 257 g/mol. The van der Waals surface area contributed by atoms with E-state index in [4.69, 9.17) is 9.47 Å². The molecule has 0 aromatic heterocycles. The number of carbonyl (C=O) groups excluding carboxylic acids is 1. The highest BCUT2D eigenvalue weighted by Gasteiger charge is 2.20. The molecule has 0 N–H and O–H groups in total. The van der Waals surface area contributed by atoms with Gasteiger partial charge in [0.15, 0.2) is 0 Å². The van der Waals surface area contributed by atoms with E-state index in [1.807, 2.05) is 35.2 Å². The molecule has 4 heteroatoms. The summed E-state index contributed by atoms with van der Waals surface area (Å²) in [6.45, 7) is 2.50. The summed E-state index contributed by atoms with van der Waals surface area (Å²) in [6, 6.07) is 7.67.